The van der Waals surface area contributed by atoms with Crippen LogP contribution in [0.25, 0.3) is 5.69 Å². The van der Waals surface area contributed by atoms with Gasteiger partial charge in [-0.1, -0.05) is 5.16 Å². The van der Waals surface area contributed by atoms with Gasteiger partial charge >= 0.3 is 11.7 Å². The standard InChI is InChI=1S/C16H18N6O3/c1-11-8-13(19-25-11)9-20(2)15(23)18-12-4-6-14(7-5-12)22-16(24)21(3)10-17-22/h4-8,10H,9H2,1-3H3,(H,18,23). The van der Waals surface area contributed by atoms with E-state index in [-0.39, 0.29) is 11.7 Å². The molecule has 9 nitrogen and oxygen atoms in total. The molecular weight excluding hydrogens is 324 g/mol. The van der Waals surface area contributed by atoms with Crippen molar-refractivity contribution in [1.29, 1.82) is 0 Å². The second kappa shape index (κ2) is 6.63. The fourth-order valence-corrected chi connectivity index (χ4v) is 2.27. The van der Waals surface area contributed by atoms with Gasteiger partial charge < -0.3 is 14.7 Å². The van der Waals surface area contributed by atoms with E-state index in [0.717, 1.165) is 0 Å². The quantitative estimate of drug-likeness (QED) is 0.775. The van der Waals surface area contributed by atoms with Crippen LogP contribution in [0.2, 0.25) is 0 Å². The number of rotatable bonds is 4. The lowest BCUT2D eigenvalue weighted by Crippen LogP contribution is -2.31. The summed E-state index contributed by atoms with van der Waals surface area (Å²) in [5.74, 6) is 0.698. The Labute approximate surface area is 143 Å². The molecule has 25 heavy (non-hydrogen) atoms. The van der Waals surface area contributed by atoms with E-state index < -0.39 is 0 Å². The van der Waals surface area contributed by atoms with Crippen LogP contribution in [0.1, 0.15) is 11.5 Å². The maximum absolute atomic E-state index is 12.2. The van der Waals surface area contributed by atoms with Crippen LogP contribution in [0.4, 0.5) is 10.5 Å². The van der Waals surface area contributed by atoms with E-state index in [1.165, 1.54) is 20.5 Å². The maximum Gasteiger partial charge on any atom is 0.350 e. The first-order valence-electron chi connectivity index (χ1n) is 7.59. The first-order valence-corrected chi connectivity index (χ1v) is 7.59. The van der Waals surface area contributed by atoms with E-state index >= 15 is 0 Å². The van der Waals surface area contributed by atoms with Gasteiger partial charge in [0, 0.05) is 25.8 Å². The summed E-state index contributed by atoms with van der Waals surface area (Å²) in [6.45, 7) is 2.13. The molecule has 0 spiro atoms. The van der Waals surface area contributed by atoms with Gasteiger partial charge in [0.05, 0.1) is 12.2 Å². The van der Waals surface area contributed by atoms with Gasteiger partial charge in [0.25, 0.3) is 0 Å². The monoisotopic (exact) mass is 342 g/mol. The molecule has 3 aromatic rings. The molecule has 1 aromatic carbocycles. The van der Waals surface area contributed by atoms with Gasteiger partial charge in [-0.05, 0) is 31.2 Å². The number of aryl methyl sites for hydroxylation is 2. The van der Waals surface area contributed by atoms with Crippen LogP contribution in [0, 0.1) is 6.92 Å². The van der Waals surface area contributed by atoms with Crippen molar-refractivity contribution >= 4 is 11.7 Å². The van der Waals surface area contributed by atoms with Gasteiger partial charge in [0.15, 0.2) is 0 Å². The van der Waals surface area contributed by atoms with Gasteiger partial charge in [0.2, 0.25) is 0 Å². The summed E-state index contributed by atoms with van der Waals surface area (Å²) in [6, 6.07) is 8.35. The zero-order valence-corrected chi connectivity index (χ0v) is 14.1. The Bertz CT molecular complexity index is 937. The number of hydrogen-bond donors (Lipinski definition) is 1. The predicted molar refractivity (Wildman–Crippen MR) is 90.5 cm³/mol. The van der Waals surface area contributed by atoms with Crippen LogP contribution in [-0.2, 0) is 13.6 Å². The lowest BCUT2D eigenvalue weighted by molar-refractivity contribution is 0.219. The van der Waals surface area contributed by atoms with Crippen molar-refractivity contribution in [3.8, 4) is 5.69 Å². The van der Waals surface area contributed by atoms with Gasteiger partial charge in [-0.2, -0.15) is 9.78 Å². The highest BCUT2D eigenvalue weighted by molar-refractivity contribution is 5.89. The number of urea groups is 1. The van der Waals surface area contributed by atoms with Crippen LogP contribution in [-0.4, -0.2) is 37.5 Å². The molecule has 0 aliphatic carbocycles. The van der Waals surface area contributed by atoms with Crippen LogP contribution in [0.3, 0.4) is 0 Å². The summed E-state index contributed by atoms with van der Waals surface area (Å²) < 4.78 is 7.65. The number of benzene rings is 1. The van der Waals surface area contributed by atoms with Crippen molar-refractivity contribution in [2.75, 3.05) is 12.4 Å². The summed E-state index contributed by atoms with van der Waals surface area (Å²) in [6.07, 6.45) is 1.44. The number of carbonyl (C=O) groups excluding carboxylic acids is 1. The SMILES string of the molecule is Cc1cc(CN(C)C(=O)Nc2ccc(-n3ncn(C)c3=O)cc2)no1. The van der Waals surface area contributed by atoms with E-state index in [9.17, 15) is 9.59 Å². The first-order chi connectivity index (χ1) is 11.9. The fraction of sp³-hybridized carbons (Fsp3) is 0.250. The summed E-state index contributed by atoms with van der Waals surface area (Å²) in [4.78, 5) is 25.6. The van der Waals surface area contributed by atoms with Crippen molar-refractivity contribution in [2.24, 2.45) is 7.05 Å². The third kappa shape index (κ3) is 3.60. The van der Waals surface area contributed by atoms with Crippen molar-refractivity contribution in [3.63, 3.8) is 0 Å². The predicted octanol–water partition coefficient (Wildman–Crippen LogP) is 1.53. The number of nitrogens with zero attached hydrogens (tertiary/aromatic N) is 5. The van der Waals surface area contributed by atoms with Crippen LogP contribution >= 0.6 is 0 Å². The zero-order chi connectivity index (χ0) is 18.0. The number of anilines is 1. The van der Waals surface area contributed by atoms with Gasteiger partial charge in [-0.15, -0.1) is 0 Å². The number of aromatic nitrogens is 4. The molecule has 2 aromatic heterocycles. The molecule has 2 amide bonds. The molecule has 0 fully saturated rings. The molecule has 3 rings (SSSR count). The Morgan fingerprint density at radius 3 is 2.60 bits per heavy atom. The van der Waals surface area contributed by atoms with Gasteiger partial charge in [0.1, 0.15) is 17.8 Å². The highest BCUT2D eigenvalue weighted by Crippen LogP contribution is 2.13. The largest absolute Gasteiger partial charge is 0.361 e. The van der Waals surface area contributed by atoms with Crippen molar-refractivity contribution in [2.45, 2.75) is 13.5 Å². The van der Waals surface area contributed by atoms with Crippen molar-refractivity contribution < 1.29 is 9.32 Å². The zero-order valence-electron chi connectivity index (χ0n) is 14.1. The Morgan fingerprint density at radius 2 is 2.04 bits per heavy atom. The molecule has 130 valence electrons. The molecule has 0 radical (unpaired) electrons. The van der Waals surface area contributed by atoms with E-state index in [1.54, 1.807) is 51.4 Å². The third-order valence-electron chi connectivity index (χ3n) is 3.61. The smallest absolute Gasteiger partial charge is 0.350 e. The minimum atomic E-state index is -0.275. The van der Waals surface area contributed by atoms with Crippen LogP contribution in [0.5, 0.6) is 0 Å². The first kappa shape index (κ1) is 16.5. The highest BCUT2D eigenvalue weighted by atomic mass is 16.5. The van der Waals surface area contributed by atoms with Crippen LogP contribution in [0.15, 0.2) is 46.0 Å². The summed E-state index contributed by atoms with van der Waals surface area (Å²) in [5.41, 5.74) is 1.68. The number of nitrogens with one attached hydrogen (secondary N) is 1. The Hall–Kier alpha value is -3.36. The number of carbonyl (C=O) groups is 1. The van der Waals surface area contributed by atoms with Crippen molar-refractivity contribution in [3.05, 3.63) is 58.6 Å². The summed E-state index contributed by atoms with van der Waals surface area (Å²) in [7, 11) is 3.30. The third-order valence-corrected chi connectivity index (χ3v) is 3.61. The molecule has 9 heteroatoms. The Kier molecular flexibility index (Phi) is 4.38. The lowest BCUT2D eigenvalue weighted by Gasteiger charge is -2.16. The van der Waals surface area contributed by atoms with Gasteiger partial charge in [-0.3, -0.25) is 4.57 Å². The molecule has 0 atom stereocenters. The molecular formula is C16H18N6O3. The number of hydrogen-bond acceptors (Lipinski definition) is 5. The van der Waals surface area contributed by atoms with E-state index in [1.807, 2.05) is 0 Å². The average molecular weight is 342 g/mol. The fourth-order valence-electron chi connectivity index (χ4n) is 2.27. The molecule has 0 aliphatic rings. The second-order valence-electron chi connectivity index (χ2n) is 5.70. The average Bonchev–Trinajstić information content (AvgIpc) is 3.14. The second-order valence-corrected chi connectivity index (χ2v) is 5.70. The van der Waals surface area contributed by atoms with E-state index in [2.05, 4.69) is 15.6 Å². The van der Waals surface area contributed by atoms with E-state index in [0.29, 0.717) is 29.4 Å². The number of amides is 2. The van der Waals surface area contributed by atoms with Gasteiger partial charge in [-0.25, -0.2) is 9.59 Å². The van der Waals surface area contributed by atoms with Crippen molar-refractivity contribution in [1.82, 2.24) is 24.4 Å². The minimum Gasteiger partial charge on any atom is -0.361 e. The maximum atomic E-state index is 12.2. The Morgan fingerprint density at radius 1 is 1.32 bits per heavy atom. The summed E-state index contributed by atoms with van der Waals surface area (Å²) in [5, 5.41) is 10.7. The molecule has 0 saturated heterocycles. The molecule has 0 aliphatic heterocycles. The minimum absolute atomic E-state index is 0.237. The highest BCUT2D eigenvalue weighted by Gasteiger charge is 2.12. The molecule has 0 unspecified atom stereocenters. The molecule has 2 heterocycles. The van der Waals surface area contributed by atoms with E-state index in [4.69, 9.17) is 4.52 Å². The topological polar surface area (TPSA) is 98.2 Å². The van der Waals surface area contributed by atoms with Crippen LogP contribution < -0.4 is 11.0 Å². The molecule has 1 N–H and O–H groups in total. The molecule has 0 saturated carbocycles. The lowest BCUT2D eigenvalue weighted by atomic mass is 10.3. The molecule has 0 bridgehead atoms. The normalized spacial score (nSPS) is 10.7. The Balaban J connectivity index is 1.65. The summed E-state index contributed by atoms with van der Waals surface area (Å²) >= 11 is 0.